The second kappa shape index (κ2) is 5.12. The first-order chi connectivity index (χ1) is 6.67. The molecular formula is C10H19N3O. The molecule has 4 nitrogen and oxygen atoms in total. The fourth-order valence-corrected chi connectivity index (χ4v) is 1.55. The van der Waals surface area contributed by atoms with Crippen LogP contribution in [-0.2, 0) is 18.2 Å². The first-order valence-corrected chi connectivity index (χ1v) is 4.83. The van der Waals surface area contributed by atoms with Crippen molar-refractivity contribution in [2.24, 2.45) is 7.05 Å². The second-order valence-corrected chi connectivity index (χ2v) is 3.55. The SMILES string of the molecule is CNC(COC)Cc1cc(C)nn1C. The molecule has 0 radical (unpaired) electrons. The van der Waals surface area contributed by atoms with Gasteiger partial charge in [-0.25, -0.2) is 0 Å². The van der Waals surface area contributed by atoms with Gasteiger partial charge >= 0.3 is 0 Å². The lowest BCUT2D eigenvalue weighted by atomic mass is 10.1. The fourth-order valence-electron chi connectivity index (χ4n) is 1.55. The first kappa shape index (κ1) is 11.2. The summed E-state index contributed by atoms with van der Waals surface area (Å²) in [4.78, 5) is 0. The molecule has 1 aromatic heterocycles. The van der Waals surface area contributed by atoms with Gasteiger partial charge in [-0.2, -0.15) is 5.10 Å². The molecule has 1 N–H and O–H groups in total. The number of hydrogen-bond acceptors (Lipinski definition) is 3. The van der Waals surface area contributed by atoms with E-state index in [1.54, 1.807) is 7.11 Å². The van der Waals surface area contributed by atoms with Crippen LogP contribution in [0.4, 0.5) is 0 Å². The quantitative estimate of drug-likeness (QED) is 0.747. The summed E-state index contributed by atoms with van der Waals surface area (Å²) in [7, 11) is 5.65. The van der Waals surface area contributed by atoms with Crippen molar-refractivity contribution >= 4 is 0 Å². The molecule has 1 aromatic rings. The van der Waals surface area contributed by atoms with Crippen LogP contribution in [0.25, 0.3) is 0 Å². The average Bonchev–Trinajstić information content (AvgIpc) is 2.44. The predicted octanol–water partition coefficient (Wildman–Crippen LogP) is 0.505. The fraction of sp³-hybridized carbons (Fsp3) is 0.700. The maximum atomic E-state index is 5.12. The molecular weight excluding hydrogens is 178 g/mol. The lowest BCUT2D eigenvalue weighted by Crippen LogP contribution is -2.32. The molecule has 0 aromatic carbocycles. The topological polar surface area (TPSA) is 39.1 Å². The molecule has 1 heterocycles. The summed E-state index contributed by atoms with van der Waals surface area (Å²) in [5.74, 6) is 0. The van der Waals surface area contributed by atoms with Gasteiger partial charge in [0.05, 0.1) is 12.3 Å². The second-order valence-electron chi connectivity index (χ2n) is 3.55. The molecule has 80 valence electrons. The lowest BCUT2D eigenvalue weighted by Gasteiger charge is -2.14. The number of nitrogens with zero attached hydrogens (tertiary/aromatic N) is 2. The summed E-state index contributed by atoms with van der Waals surface area (Å²) in [5, 5.41) is 7.53. The number of ether oxygens (including phenoxy) is 1. The van der Waals surface area contributed by atoms with Gasteiger partial charge < -0.3 is 10.1 Å². The molecule has 0 amide bonds. The summed E-state index contributed by atoms with van der Waals surface area (Å²) in [5.41, 5.74) is 2.30. The van der Waals surface area contributed by atoms with Crippen LogP contribution in [0.3, 0.4) is 0 Å². The molecule has 1 rings (SSSR count). The molecule has 1 atom stereocenters. The molecule has 1 unspecified atom stereocenters. The average molecular weight is 197 g/mol. The van der Waals surface area contributed by atoms with Crippen LogP contribution in [0, 0.1) is 6.92 Å². The van der Waals surface area contributed by atoms with Gasteiger partial charge in [-0.1, -0.05) is 0 Å². The Morgan fingerprint density at radius 3 is 2.79 bits per heavy atom. The summed E-state index contributed by atoms with van der Waals surface area (Å²) < 4.78 is 7.05. The highest BCUT2D eigenvalue weighted by Gasteiger charge is 2.10. The zero-order chi connectivity index (χ0) is 10.6. The Morgan fingerprint density at radius 1 is 1.64 bits per heavy atom. The predicted molar refractivity (Wildman–Crippen MR) is 56.4 cm³/mol. The van der Waals surface area contributed by atoms with Crippen molar-refractivity contribution in [2.45, 2.75) is 19.4 Å². The third kappa shape index (κ3) is 2.82. The van der Waals surface area contributed by atoms with Crippen molar-refractivity contribution in [3.8, 4) is 0 Å². The molecule has 0 spiro atoms. The smallest absolute Gasteiger partial charge is 0.0619 e. The van der Waals surface area contributed by atoms with E-state index in [9.17, 15) is 0 Å². The normalized spacial score (nSPS) is 13.1. The van der Waals surface area contributed by atoms with E-state index >= 15 is 0 Å². The highest BCUT2D eigenvalue weighted by Crippen LogP contribution is 2.05. The largest absolute Gasteiger partial charge is 0.383 e. The molecule has 0 fully saturated rings. The van der Waals surface area contributed by atoms with Crippen molar-refractivity contribution in [1.29, 1.82) is 0 Å². The van der Waals surface area contributed by atoms with Gasteiger partial charge in [-0.3, -0.25) is 4.68 Å². The number of hydrogen-bond donors (Lipinski definition) is 1. The summed E-state index contributed by atoms with van der Waals surface area (Å²) in [6, 6.07) is 2.47. The van der Waals surface area contributed by atoms with E-state index in [1.165, 1.54) is 5.69 Å². The Hall–Kier alpha value is -0.870. The number of aryl methyl sites for hydroxylation is 2. The van der Waals surface area contributed by atoms with Crippen LogP contribution in [0.5, 0.6) is 0 Å². The third-order valence-corrected chi connectivity index (χ3v) is 2.33. The Kier molecular flexibility index (Phi) is 4.10. The van der Waals surface area contributed by atoms with E-state index in [1.807, 2.05) is 25.7 Å². The monoisotopic (exact) mass is 197 g/mol. The number of likely N-dealkylation sites (N-methyl/N-ethyl adjacent to an activating group) is 1. The van der Waals surface area contributed by atoms with Crippen molar-refractivity contribution < 1.29 is 4.74 Å². The molecule has 4 heteroatoms. The Balaban J connectivity index is 2.61. The molecule has 0 aliphatic heterocycles. The van der Waals surface area contributed by atoms with Gasteiger partial charge in [0.25, 0.3) is 0 Å². The highest BCUT2D eigenvalue weighted by molar-refractivity contribution is 5.10. The Morgan fingerprint density at radius 2 is 2.36 bits per heavy atom. The van der Waals surface area contributed by atoms with Crippen molar-refractivity contribution in [2.75, 3.05) is 20.8 Å². The number of aromatic nitrogens is 2. The van der Waals surface area contributed by atoms with Crippen LogP contribution in [-0.4, -0.2) is 36.6 Å². The van der Waals surface area contributed by atoms with Gasteiger partial charge in [0, 0.05) is 32.3 Å². The summed E-state index contributed by atoms with van der Waals surface area (Å²) >= 11 is 0. The zero-order valence-electron chi connectivity index (χ0n) is 9.37. The zero-order valence-corrected chi connectivity index (χ0v) is 9.37. The first-order valence-electron chi connectivity index (χ1n) is 4.83. The van der Waals surface area contributed by atoms with Crippen molar-refractivity contribution in [3.05, 3.63) is 17.5 Å². The molecule has 0 saturated carbocycles. The maximum Gasteiger partial charge on any atom is 0.0619 e. The van der Waals surface area contributed by atoms with Crippen LogP contribution in [0.15, 0.2) is 6.07 Å². The molecule has 0 aliphatic rings. The summed E-state index contributed by atoms with van der Waals surface area (Å²) in [6.45, 7) is 2.73. The van der Waals surface area contributed by atoms with E-state index in [4.69, 9.17) is 4.74 Å². The third-order valence-electron chi connectivity index (χ3n) is 2.33. The highest BCUT2D eigenvalue weighted by atomic mass is 16.5. The Bertz CT molecular complexity index is 283. The summed E-state index contributed by atoms with van der Waals surface area (Å²) in [6.07, 6.45) is 0.946. The van der Waals surface area contributed by atoms with E-state index in [0.717, 1.165) is 18.7 Å². The molecule has 14 heavy (non-hydrogen) atoms. The van der Waals surface area contributed by atoms with E-state index in [0.29, 0.717) is 6.04 Å². The molecule has 0 bridgehead atoms. The maximum absolute atomic E-state index is 5.12. The number of methoxy groups -OCH3 is 1. The van der Waals surface area contributed by atoms with Gasteiger partial charge in [-0.15, -0.1) is 0 Å². The minimum atomic E-state index is 0.356. The molecule has 0 aliphatic carbocycles. The van der Waals surface area contributed by atoms with Gasteiger partial charge in [0.2, 0.25) is 0 Å². The minimum absolute atomic E-state index is 0.356. The lowest BCUT2D eigenvalue weighted by molar-refractivity contribution is 0.168. The van der Waals surface area contributed by atoms with Crippen LogP contribution in [0.1, 0.15) is 11.4 Å². The minimum Gasteiger partial charge on any atom is -0.383 e. The van der Waals surface area contributed by atoms with E-state index in [-0.39, 0.29) is 0 Å². The van der Waals surface area contributed by atoms with Crippen LogP contribution >= 0.6 is 0 Å². The standard InChI is InChI=1S/C10H19N3O/c1-8-5-10(13(3)12-8)6-9(11-2)7-14-4/h5,9,11H,6-7H2,1-4H3. The van der Waals surface area contributed by atoms with Crippen molar-refractivity contribution in [1.82, 2.24) is 15.1 Å². The van der Waals surface area contributed by atoms with Gasteiger partial charge in [0.1, 0.15) is 0 Å². The van der Waals surface area contributed by atoms with Gasteiger partial charge in [0.15, 0.2) is 0 Å². The molecule has 0 saturated heterocycles. The number of rotatable bonds is 5. The number of nitrogens with one attached hydrogen (secondary N) is 1. The van der Waals surface area contributed by atoms with Crippen molar-refractivity contribution in [3.63, 3.8) is 0 Å². The van der Waals surface area contributed by atoms with E-state index < -0.39 is 0 Å². The van der Waals surface area contributed by atoms with Gasteiger partial charge in [-0.05, 0) is 20.0 Å². The Labute approximate surface area is 85.3 Å². The van der Waals surface area contributed by atoms with E-state index in [2.05, 4.69) is 16.5 Å². The van der Waals surface area contributed by atoms with Crippen LogP contribution in [0.2, 0.25) is 0 Å². The van der Waals surface area contributed by atoms with Crippen LogP contribution < -0.4 is 5.32 Å².